The van der Waals surface area contributed by atoms with Gasteiger partial charge in [-0.3, -0.25) is 9.78 Å². The third-order valence-corrected chi connectivity index (χ3v) is 3.97. The number of benzene rings is 1. The molecular formula is C18H19N3O4. The van der Waals surface area contributed by atoms with E-state index in [1.807, 2.05) is 30.3 Å². The number of aliphatic hydroxyl groups excluding tert-OH is 1. The monoisotopic (exact) mass is 341 g/mol. The van der Waals surface area contributed by atoms with E-state index in [0.717, 1.165) is 5.56 Å². The minimum Gasteiger partial charge on any atom is -0.445 e. The van der Waals surface area contributed by atoms with Crippen LogP contribution < -0.4 is 5.32 Å². The Hall–Kier alpha value is -2.93. The summed E-state index contributed by atoms with van der Waals surface area (Å²) in [5, 5.41) is 12.8. The van der Waals surface area contributed by atoms with Crippen LogP contribution >= 0.6 is 0 Å². The lowest BCUT2D eigenvalue weighted by Crippen LogP contribution is -2.43. The lowest BCUT2D eigenvalue weighted by molar-refractivity contribution is 0.0882. The summed E-state index contributed by atoms with van der Waals surface area (Å²) in [4.78, 5) is 29.6. The fourth-order valence-electron chi connectivity index (χ4n) is 2.63. The van der Waals surface area contributed by atoms with Crippen LogP contribution in [0.2, 0.25) is 0 Å². The molecule has 1 aromatic heterocycles. The molecule has 0 spiro atoms. The van der Waals surface area contributed by atoms with Gasteiger partial charge in [0.1, 0.15) is 12.3 Å². The molecular weight excluding hydrogens is 322 g/mol. The van der Waals surface area contributed by atoms with Gasteiger partial charge in [-0.15, -0.1) is 0 Å². The first-order valence-electron chi connectivity index (χ1n) is 7.99. The fraction of sp³-hybridized carbons (Fsp3) is 0.278. The normalized spacial score (nSPS) is 19.5. The second kappa shape index (κ2) is 7.76. The van der Waals surface area contributed by atoms with Gasteiger partial charge in [0.15, 0.2) is 0 Å². The van der Waals surface area contributed by atoms with E-state index in [4.69, 9.17) is 4.74 Å². The number of pyridine rings is 1. The highest BCUT2D eigenvalue weighted by molar-refractivity contribution is 5.92. The Morgan fingerprint density at radius 3 is 2.64 bits per heavy atom. The van der Waals surface area contributed by atoms with Gasteiger partial charge in [-0.1, -0.05) is 36.4 Å². The van der Waals surface area contributed by atoms with Gasteiger partial charge in [0.2, 0.25) is 0 Å². The number of likely N-dealkylation sites (tertiary alicyclic amines) is 1. The van der Waals surface area contributed by atoms with Gasteiger partial charge in [-0.05, 0) is 17.7 Å². The molecule has 130 valence electrons. The van der Waals surface area contributed by atoms with Crippen molar-refractivity contribution in [2.75, 3.05) is 13.1 Å². The van der Waals surface area contributed by atoms with Crippen LogP contribution in [0.15, 0.2) is 54.7 Å². The molecule has 2 atom stereocenters. The van der Waals surface area contributed by atoms with Gasteiger partial charge in [0.25, 0.3) is 5.91 Å². The second-order valence-corrected chi connectivity index (χ2v) is 5.81. The van der Waals surface area contributed by atoms with Crippen molar-refractivity contribution in [1.82, 2.24) is 15.2 Å². The Morgan fingerprint density at radius 2 is 1.92 bits per heavy atom. The number of aliphatic hydroxyl groups is 1. The standard InChI is InChI=1S/C18H19N3O4/c22-16-11-21(18(24)25-12-13-6-2-1-3-7-13)10-15(16)20-17(23)14-8-4-5-9-19-14/h1-9,15-16,22H,10-12H2,(H,20,23). The minimum atomic E-state index is -0.850. The number of nitrogens with zero attached hydrogens (tertiary/aromatic N) is 2. The van der Waals surface area contributed by atoms with Crippen molar-refractivity contribution in [3.05, 3.63) is 66.0 Å². The molecule has 1 aliphatic rings. The molecule has 2 aromatic rings. The Bertz CT molecular complexity index is 724. The number of aromatic nitrogens is 1. The fourth-order valence-corrected chi connectivity index (χ4v) is 2.63. The lowest BCUT2D eigenvalue weighted by Gasteiger charge is -2.16. The quantitative estimate of drug-likeness (QED) is 0.872. The van der Waals surface area contributed by atoms with Gasteiger partial charge in [0.05, 0.1) is 18.7 Å². The van der Waals surface area contributed by atoms with E-state index in [1.54, 1.807) is 18.2 Å². The summed E-state index contributed by atoms with van der Waals surface area (Å²) in [7, 11) is 0. The van der Waals surface area contributed by atoms with E-state index in [9.17, 15) is 14.7 Å². The summed E-state index contributed by atoms with van der Waals surface area (Å²) in [6, 6.07) is 13.8. The second-order valence-electron chi connectivity index (χ2n) is 5.81. The Morgan fingerprint density at radius 1 is 1.16 bits per heavy atom. The largest absolute Gasteiger partial charge is 0.445 e. The highest BCUT2D eigenvalue weighted by Gasteiger charge is 2.36. The number of hydrogen-bond acceptors (Lipinski definition) is 5. The van der Waals surface area contributed by atoms with Gasteiger partial charge in [-0.25, -0.2) is 4.79 Å². The molecule has 3 rings (SSSR count). The summed E-state index contributed by atoms with van der Waals surface area (Å²) >= 11 is 0. The van der Waals surface area contributed by atoms with E-state index < -0.39 is 18.2 Å². The van der Waals surface area contributed by atoms with Crippen LogP contribution in [0.5, 0.6) is 0 Å². The van der Waals surface area contributed by atoms with Crippen molar-refractivity contribution >= 4 is 12.0 Å². The zero-order valence-electron chi connectivity index (χ0n) is 13.5. The summed E-state index contributed by atoms with van der Waals surface area (Å²) in [6.45, 7) is 0.464. The predicted octanol–water partition coefficient (Wildman–Crippen LogP) is 1.19. The molecule has 2 N–H and O–H groups in total. The number of amides is 2. The van der Waals surface area contributed by atoms with Gasteiger partial charge >= 0.3 is 6.09 Å². The first-order valence-corrected chi connectivity index (χ1v) is 7.99. The number of ether oxygens (including phenoxy) is 1. The average molecular weight is 341 g/mol. The molecule has 2 unspecified atom stereocenters. The number of hydrogen-bond donors (Lipinski definition) is 2. The van der Waals surface area contributed by atoms with Crippen LogP contribution in [0.3, 0.4) is 0 Å². The van der Waals surface area contributed by atoms with Crippen LogP contribution in [0, 0.1) is 0 Å². The number of nitrogens with one attached hydrogen (secondary N) is 1. The summed E-state index contributed by atoms with van der Waals surface area (Å²) in [6.07, 6.45) is 0.155. The minimum absolute atomic E-state index is 0.112. The van der Waals surface area contributed by atoms with Gasteiger partial charge < -0.3 is 20.1 Å². The van der Waals surface area contributed by atoms with E-state index in [-0.39, 0.29) is 31.3 Å². The van der Waals surface area contributed by atoms with Crippen molar-refractivity contribution in [1.29, 1.82) is 0 Å². The van der Waals surface area contributed by atoms with Crippen molar-refractivity contribution in [2.45, 2.75) is 18.8 Å². The third-order valence-electron chi connectivity index (χ3n) is 3.97. The molecule has 0 aliphatic carbocycles. The maximum Gasteiger partial charge on any atom is 0.410 e. The summed E-state index contributed by atoms with van der Waals surface area (Å²) in [5.74, 6) is -0.385. The van der Waals surface area contributed by atoms with Crippen LogP contribution in [-0.2, 0) is 11.3 Å². The topological polar surface area (TPSA) is 91.8 Å². The molecule has 2 amide bonds. The molecule has 2 heterocycles. The van der Waals surface area contributed by atoms with Crippen LogP contribution in [-0.4, -0.2) is 52.2 Å². The lowest BCUT2D eigenvalue weighted by atomic mass is 10.2. The van der Waals surface area contributed by atoms with E-state index in [1.165, 1.54) is 11.1 Å². The maximum absolute atomic E-state index is 12.1. The Labute approximate surface area is 145 Å². The molecule has 1 fully saturated rings. The highest BCUT2D eigenvalue weighted by atomic mass is 16.6. The van der Waals surface area contributed by atoms with Crippen LogP contribution in [0.25, 0.3) is 0 Å². The summed E-state index contributed by atoms with van der Waals surface area (Å²) in [5.41, 5.74) is 1.15. The number of β-amino-alcohol motifs (C(OH)–C–C–N with tert-alkyl or cyclic N) is 1. The maximum atomic E-state index is 12.1. The van der Waals surface area contributed by atoms with E-state index in [2.05, 4.69) is 10.3 Å². The zero-order valence-corrected chi connectivity index (χ0v) is 13.5. The molecule has 0 bridgehead atoms. The molecule has 7 heteroatoms. The molecule has 1 saturated heterocycles. The number of rotatable bonds is 4. The molecule has 0 radical (unpaired) electrons. The summed E-state index contributed by atoms with van der Waals surface area (Å²) < 4.78 is 5.25. The molecule has 0 saturated carbocycles. The number of carbonyl (C=O) groups excluding carboxylic acids is 2. The highest BCUT2D eigenvalue weighted by Crippen LogP contribution is 2.13. The smallest absolute Gasteiger partial charge is 0.410 e. The van der Waals surface area contributed by atoms with E-state index >= 15 is 0 Å². The van der Waals surface area contributed by atoms with Crippen molar-refractivity contribution in [3.63, 3.8) is 0 Å². The zero-order chi connectivity index (χ0) is 17.6. The predicted molar refractivity (Wildman–Crippen MR) is 89.7 cm³/mol. The Balaban J connectivity index is 1.52. The van der Waals surface area contributed by atoms with Gasteiger partial charge in [-0.2, -0.15) is 0 Å². The SMILES string of the molecule is O=C(NC1CN(C(=O)OCc2ccccc2)CC1O)c1ccccn1. The first-order chi connectivity index (χ1) is 12.1. The van der Waals surface area contributed by atoms with Crippen LogP contribution in [0.1, 0.15) is 16.1 Å². The van der Waals surface area contributed by atoms with Gasteiger partial charge in [0, 0.05) is 12.7 Å². The number of carbonyl (C=O) groups is 2. The van der Waals surface area contributed by atoms with Crippen molar-refractivity contribution < 1.29 is 19.4 Å². The average Bonchev–Trinajstić information content (AvgIpc) is 3.02. The molecule has 1 aromatic carbocycles. The molecule has 1 aliphatic heterocycles. The molecule has 25 heavy (non-hydrogen) atoms. The van der Waals surface area contributed by atoms with Crippen molar-refractivity contribution in [2.24, 2.45) is 0 Å². The third kappa shape index (κ3) is 4.33. The molecule has 7 nitrogen and oxygen atoms in total. The first kappa shape index (κ1) is 16.9. The van der Waals surface area contributed by atoms with Crippen LogP contribution in [0.4, 0.5) is 4.79 Å². The Kier molecular flexibility index (Phi) is 5.25. The van der Waals surface area contributed by atoms with E-state index in [0.29, 0.717) is 0 Å². The van der Waals surface area contributed by atoms with Crippen molar-refractivity contribution in [3.8, 4) is 0 Å².